The Bertz CT molecular complexity index is 438. The second-order valence-corrected chi connectivity index (χ2v) is 6.21. The van der Waals surface area contributed by atoms with Crippen LogP contribution in [-0.2, 0) is 6.42 Å². The van der Waals surface area contributed by atoms with Crippen LogP contribution < -0.4 is 0 Å². The maximum absolute atomic E-state index is 4.67. The van der Waals surface area contributed by atoms with Gasteiger partial charge in [0.15, 0.2) is 0 Å². The Morgan fingerprint density at radius 1 is 1.11 bits per heavy atom. The van der Waals surface area contributed by atoms with Gasteiger partial charge < -0.3 is 0 Å². The van der Waals surface area contributed by atoms with Gasteiger partial charge >= 0.3 is 0 Å². The van der Waals surface area contributed by atoms with E-state index in [4.69, 9.17) is 0 Å². The lowest BCUT2D eigenvalue weighted by atomic mass is 9.85. The Morgan fingerprint density at radius 3 is 2.32 bits per heavy atom. The van der Waals surface area contributed by atoms with Crippen LogP contribution in [0.2, 0.25) is 0 Å². The topological polar surface area (TPSA) is 12.9 Å². The van der Waals surface area contributed by atoms with Crippen molar-refractivity contribution < 1.29 is 0 Å². The third kappa shape index (κ3) is 5.32. The first-order chi connectivity index (χ1) is 7.61. The van der Waals surface area contributed by atoms with E-state index < -0.39 is 0 Å². The smallest absolute Gasteiger partial charge is 0.0938 e. The van der Waals surface area contributed by atoms with E-state index in [1.54, 1.807) is 0 Å². The summed E-state index contributed by atoms with van der Waals surface area (Å²) in [7, 11) is 0. The first kappa shape index (κ1) is 20.4. The van der Waals surface area contributed by atoms with Gasteiger partial charge in [-0.25, -0.2) is 4.98 Å². The second-order valence-electron chi connectivity index (χ2n) is 5.09. The predicted octanol–water partition coefficient (Wildman–Crippen LogP) is 6.57. The number of thiazole rings is 1. The molecule has 0 fully saturated rings. The third-order valence-corrected chi connectivity index (χ3v) is 4.41. The molecule has 0 atom stereocenters. The Morgan fingerprint density at radius 2 is 1.74 bits per heavy atom. The van der Waals surface area contributed by atoms with E-state index in [1.807, 2.05) is 11.3 Å². The molecule has 0 radical (unpaired) electrons. The molecule has 110 valence electrons. The van der Waals surface area contributed by atoms with Gasteiger partial charge in [0.2, 0.25) is 0 Å². The van der Waals surface area contributed by atoms with Crippen LogP contribution in [0.1, 0.15) is 60.9 Å². The summed E-state index contributed by atoms with van der Waals surface area (Å²) < 4.78 is 1.31. The summed E-state index contributed by atoms with van der Waals surface area (Å²) in [6.07, 6.45) is 3.57. The molecule has 2 heteroatoms. The Balaban J connectivity index is 0. The highest BCUT2D eigenvalue weighted by molar-refractivity contribution is 7.18. The van der Waals surface area contributed by atoms with Gasteiger partial charge in [-0.15, -0.1) is 11.3 Å². The molecule has 1 heterocycles. The van der Waals surface area contributed by atoms with Crippen molar-refractivity contribution in [1.29, 1.82) is 0 Å². The van der Waals surface area contributed by atoms with Crippen molar-refractivity contribution in [3.8, 4) is 0 Å². The minimum atomic E-state index is 0. The van der Waals surface area contributed by atoms with E-state index in [-0.39, 0.29) is 22.3 Å². The molecule has 0 bridgehead atoms. The quantitative estimate of drug-likeness (QED) is 0.617. The summed E-state index contributed by atoms with van der Waals surface area (Å²) in [4.78, 5) is 4.67. The van der Waals surface area contributed by atoms with Gasteiger partial charge in [-0.05, 0) is 30.4 Å². The van der Waals surface area contributed by atoms with Crippen molar-refractivity contribution in [2.45, 2.75) is 62.3 Å². The van der Waals surface area contributed by atoms with Crippen molar-refractivity contribution in [2.24, 2.45) is 5.41 Å². The van der Waals surface area contributed by atoms with Gasteiger partial charge in [-0.2, -0.15) is 0 Å². The molecule has 19 heavy (non-hydrogen) atoms. The van der Waals surface area contributed by atoms with Crippen molar-refractivity contribution >= 4 is 21.6 Å². The fourth-order valence-electron chi connectivity index (χ4n) is 1.65. The zero-order valence-corrected chi connectivity index (χ0v) is 11.1. The largest absolute Gasteiger partial charge is 0.241 e. The van der Waals surface area contributed by atoms with Gasteiger partial charge in [-0.1, -0.05) is 61.6 Å². The molecule has 0 saturated carbocycles. The van der Waals surface area contributed by atoms with Gasteiger partial charge in [-0.3, -0.25) is 0 Å². The summed E-state index contributed by atoms with van der Waals surface area (Å²) in [5, 5.41) is 1.28. The first-order valence-corrected chi connectivity index (χ1v) is 6.77. The van der Waals surface area contributed by atoms with Crippen LogP contribution >= 0.6 is 11.3 Å². The number of benzene rings is 1. The molecule has 2 aromatic rings. The molecule has 0 unspecified atom stereocenters. The van der Waals surface area contributed by atoms with Crippen LogP contribution in [0.3, 0.4) is 0 Å². The molecule has 0 saturated heterocycles. The molecular weight excluding hydrogens is 250 g/mol. The lowest BCUT2D eigenvalue weighted by Crippen LogP contribution is -2.10. The molecule has 1 aromatic carbocycles. The number of para-hydroxylation sites is 1. The molecule has 1 nitrogen and oxygen atoms in total. The summed E-state index contributed by atoms with van der Waals surface area (Å²) in [5.74, 6) is 0. The first-order valence-electron chi connectivity index (χ1n) is 5.95. The monoisotopic (exact) mass is 281 g/mol. The summed E-state index contributed by atoms with van der Waals surface area (Å²) in [6, 6.07) is 8.39. The standard InChI is InChI=1S/C14H19NS.3CH4/c1-4-14(2,3)10-9-13-15-11-7-5-6-8-12(11)16-13;;;/h5-8H,4,9-10H2,1-3H3;3*1H4. The SMILES string of the molecule is C.C.C.CCC(C)(C)CCc1nc2ccccc2s1. The molecule has 0 aliphatic carbocycles. The zero-order valence-electron chi connectivity index (χ0n) is 10.3. The number of aromatic nitrogens is 1. The van der Waals surface area contributed by atoms with Crippen LogP contribution in [0, 0.1) is 5.41 Å². The van der Waals surface area contributed by atoms with Gasteiger partial charge in [0.25, 0.3) is 0 Å². The normalized spacial score (nSPS) is 10.3. The van der Waals surface area contributed by atoms with Crippen molar-refractivity contribution in [1.82, 2.24) is 4.98 Å². The number of nitrogens with zero attached hydrogens (tertiary/aromatic N) is 1. The molecule has 0 N–H and O–H groups in total. The van der Waals surface area contributed by atoms with Crippen LogP contribution in [-0.4, -0.2) is 4.98 Å². The highest BCUT2D eigenvalue weighted by atomic mass is 32.1. The maximum atomic E-state index is 4.67. The fraction of sp³-hybridized carbons (Fsp3) is 0.588. The van der Waals surface area contributed by atoms with E-state index in [0.717, 1.165) is 11.9 Å². The minimum absolute atomic E-state index is 0. The highest BCUT2D eigenvalue weighted by Crippen LogP contribution is 2.29. The molecule has 0 aliphatic heterocycles. The van der Waals surface area contributed by atoms with Crippen molar-refractivity contribution in [3.63, 3.8) is 0 Å². The van der Waals surface area contributed by atoms with Gasteiger partial charge in [0, 0.05) is 0 Å². The predicted molar refractivity (Wildman–Crippen MR) is 92.2 cm³/mol. The van der Waals surface area contributed by atoms with Crippen LogP contribution in [0.5, 0.6) is 0 Å². The van der Waals surface area contributed by atoms with E-state index in [2.05, 4.69) is 50.0 Å². The Labute approximate surface area is 124 Å². The second kappa shape index (κ2) is 8.31. The molecular formula is C17H31NS. The van der Waals surface area contributed by atoms with Crippen LogP contribution in [0.25, 0.3) is 10.2 Å². The summed E-state index contributed by atoms with van der Waals surface area (Å²) in [6.45, 7) is 6.93. The zero-order chi connectivity index (χ0) is 11.6. The molecule has 0 spiro atoms. The third-order valence-electron chi connectivity index (χ3n) is 3.31. The number of fused-ring (bicyclic) bond motifs is 1. The average Bonchev–Trinajstić information content (AvgIpc) is 2.69. The Kier molecular flexibility index (Phi) is 8.94. The highest BCUT2D eigenvalue weighted by Gasteiger charge is 2.15. The molecule has 1 aromatic heterocycles. The van der Waals surface area contributed by atoms with Crippen molar-refractivity contribution in [2.75, 3.05) is 0 Å². The molecule has 0 aliphatic rings. The number of hydrogen-bond acceptors (Lipinski definition) is 2. The number of hydrogen-bond donors (Lipinski definition) is 0. The summed E-state index contributed by atoms with van der Waals surface area (Å²) >= 11 is 1.84. The van der Waals surface area contributed by atoms with Gasteiger partial charge in [0.1, 0.15) is 0 Å². The minimum Gasteiger partial charge on any atom is -0.241 e. The maximum Gasteiger partial charge on any atom is 0.0938 e. The lowest BCUT2D eigenvalue weighted by Gasteiger charge is -2.21. The van der Waals surface area contributed by atoms with E-state index in [1.165, 1.54) is 22.5 Å². The lowest BCUT2D eigenvalue weighted by molar-refractivity contribution is 0.322. The van der Waals surface area contributed by atoms with Gasteiger partial charge in [0.05, 0.1) is 15.2 Å². The fourth-order valence-corrected chi connectivity index (χ4v) is 2.62. The number of aryl methyl sites for hydroxylation is 1. The molecule has 2 rings (SSSR count). The Hall–Kier alpha value is -0.890. The number of rotatable bonds is 4. The van der Waals surface area contributed by atoms with Crippen LogP contribution in [0.15, 0.2) is 24.3 Å². The van der Waals surface area contributed by atoms with E-state index in [0.29, 0.717) is 5.41 Å². The van der Waals surface area contributed by atoms with E-state index in [9.17, 15) is 0 Å². The van der Waals surface area contributed by atoms with Crippen molar-refractivity contribution in [3.05, 3.63) is 29.3 Å². The summed E-state index contributed by atoms with van der Waals surface area (Å²) in [5.41, 5.74) is 1.59. The molecule has 0 amide bonds. The van der Waals surface area contributed by atoms with E-state index >= 15 is 0 Å². The average molecular weight is 282 g/mol. The van der Waals surface area contributed by atoms with Crippen LogP contribution in [0.4, 0.5) is 0 Å².